The lowest BCUT2D eigenvalue weighted by Crippen LogP contribution is -2.45. The number of aryl methyl sites for hydroxylation is 1. The second-order valence-corrected chi connectivity index (χ2v) is 6.96. The van der Waals surface area contributed by atoms with Crippen LogP contribution in [0.25, 0.3) is 0 Å². The van der Waals surface area contributed by atoms with Gasteiger partial charge in [0.05, 0.1) is 17.1 Å². The molecule has 0 aliphatic carbocycles. The van der Waals surface area contributed by atoms with E-state index in [0.717, 1.165) is 6.07 Å². The molecule has 0 aromatic heterocycles. The van der Waals surface area contributed by atoms with E-state index in [9.17, 15) is 28.9 Å². The number of benzene rings is 1. The lowest BCUT2D eigenvalue weighted by molar-refractivity contribution is -0.385. The summed E-state index contributed by atoms with van der Waals surface area (Å²) in [4.78, 5) is 46.8. The van der Waals surface area contributed by atoms with Crippen LogP contribution in [-0.2, 0) is 19.1 Å². The van der Waals surface area contributed by atoms with Gasteiger partial charge in [-0.15, -0.1) is 0 Å². The molecule has 0 saturated heterocycles. The SMILES string of the molecule is Cc1cc(C(=O)N[C@@H](C[C@H](F)C(=O)OC(C)C)C(=O)OC(C)C)ccc1[N+](=O)[O-]. The number of amides is 1. The van der Waals surface area contributed by atoms with Gasteiger partial charge in [-0.1, -0.05) is 0 Å². The number of carbonyl (C=O) groups is 3. The Labute approximate surface area is 167 Å². The minimum atomic E-state index is -2.15. The van der Waals surface area contributed by atoms with Crippen LogP contribution in [0, 0.1) is 17.0 Å². The molecule has 1 aromatic rings. The van der Waals surface area contributed by atoms with Gasteiger partial charge in [0, 0.05) is 23.6 Å². The molecule has 0 radical (unpaired) electrons. The van der Waals surface area contributed by atoms with Crippen molar-refractivity contribution in [2.24, 2.45) is 0 Å². The first-order chi connectivity index (χ1) is 13.4. The number of rotatable bonds is 9. The fraction of sp³-hybridized carbons (Fsp3) is 0.526. The fourth-order valence-corrected chi connectivity index (χ4v) is 2.38. The largest absolute Gasteiger partial charge is 0.461 e. The molecule has 0 heterocycles. The standard InChI is InChI=1S/C19H25FN2O7/c1-10(2)28-18(24)14(20)9-15(19(25)29-11(3)4)21-17(23)13-6-7-16(22(26)27)12(5)8-13/h6-8,10-11,14-15H,9H2,1-5H3,(H,21,23)/t14-,15-/m0/s1. The molecule has 29 heavy (non-hydrogen) atoms. The van der Waals surface area contributed by atoms with Crippen LogP contribution in [0.3, 0.4) is 0 Å². The van der Waals surface area contributed by atoms with Crippen LogP contribution in [0.2, 0.25) is 0 Å². The number of ether oxygens (including phenoxy) is 2. The van der Waals surface area contributed by atoms with Crippen molar-refractivity contribution in [3.8, 4) is 0 Å². The minimum absolute atomic E-state index is 0.0376. The maximum atomic E-state index is 14.3. The Bertz CT molecular complexity index is 780. The summed E-state index contributed by atoms with van der Waals surface area (Å²) >= 11 is 0. The summed E-state index contributed by atoms with van der Waals surface area (Å²) in [6.45, 7) is 7.72. The Balaban J connectivity index is 3.00. The van der Waals surface area contributed by atoms with Crippen LogP contribution < -0.4 is 5.32 Å². The molecule has 160 valence electrons. The molecule has 1 rings (SSSR count). The van der Waals surface area contributed by atoms with Crippen molar-refractivity contribution < 1.29 is 33.2 Å². The van der Waals surface area contributed by atoms with E-state index in [-0.39, 0.29) is 16.8 Å². The number of nitro groups is 1. The van der Waals surface area contributed by atoms with Crippen LogP contribution in [0.1, 0.15) is 50.0 Å². The molecule has 0 unspecified atom stereocenters. The van der Waals surface area contributed by atoms with Gasteiger partial charge in [0.15, 0.2) is 6.17 Å². The topological polar surface area (TPSA) is 125 Å². The lowest BCUT2D eigenvalue weighted by Gasteiger charge is -2.21. The van der Waals surface area contributed by atoms with Gasteiger partial charge in [0.1, 0.15) is 6.04 Å². The Morgan fingerprint density at radius 2 is 1.66 bits per heavy atom. The molecule has 1 N–H and O–H groups in total. The third-order valence-electron chi connectivity index (χ3n) is 3.65. The van der Waals surface area contributed by atoms with Crippen molar-refractivity contribution in [1.82, 2.24) is 5.32 Å². The first-order valence-electron chi connectivity index (χ1n) is 9.03. The highest BCUT2D eigenvalue weighted by Crippen LogP contribution is 2.19. The molecular weight excluding hydrogens is 387 g/mol. The molecule has 9 nitrogen and oxygen atoms in total. The number of esters is 2. The zero-order valence-corrected chi connectivity index (χ0v) is 16.9. The number of nitrogens with one attached hydrogen (secondary N) is 1. The zero-order valence-electron chi connectivity index (χ0n) is 16.9. The summed E-state index contributed by atoms with van der Waals surface area (Å²) in [6, 6.07) is 2.20. The number of halogens is 1. The van der Waals surface area contributed by atoms with E-state index >= 15 is 0 Å². The molecule has 0 saturated carbocycles. The normalized spacial score (nSPS) is 13.0. The van der Waals surface area contributed by atoms with Crippen molar-refractivity contribution in [2.45, 2.75) is 65.5 Å². The highest BCUT2D eigenvalue weighted by atomic mass is 19.1. The van der Waals surface area contributed by atoms with E-state index in [1.807, 2.05) is 0 Å². The molecule has 0 aliphatic rings. The van der Waals surface area contributed by atoms with E-state index in [2.05, 4.69) is 5.32 Å². The summed E-state index contributed by atoms with van der Waals surface area (Å²) < 4.78 is 24.1. The third-order valence-corrected chi connectivity index (χ3v) is 3.65. The maximum Gasteiger partial charge on any atom is 0.341 e. The average Bonchev–Trinajstić information content (AvgIpc) is 2.59. The summed E-state index contributed by atoms with van der Waals surface area (Å²) in [5, 5.41) is 13.2. The Morgan fingerprint density at radius 3 is 2.14 bits per heavy atom. The monoisotopic (exact) mass is 412 g/mol. The number of carbonyl (C=O) groups excluding carboxylic acids is 3. The molecule has 0 bridgehead atoms. The third kappa shape index (κ3) is 7.47. The Kier molecular flexibility index (Phi) is 8.68. The molecule has 10 heteroatoms. The maximum absolute atomic E-state index is 14.3. The van der Waals surface area contributed by atoms with Crippen LogP contribution >= 0.6 is 0 Å². The van der Waals surface area contributed by atoms with Crippen LogP contribution in [0.5, 0.6) is 0 Å². The van der Waals surface area contributed by atoms with Gasteiger partial charge in [-0.2, -0.15) is 0 Å². The quantitative estimate of drug-likeness (QED) is 0.375. The van der Waals surface area contributed by atoms with E-state index < -0.39 is 53.6 Å². The van der Waals surface area contributed by atoms with Crippen molar-refractivity contribution >= 4 is 23.5 Å². The smallest absolute Gasteiger partial charge is 0.341 e. The Morgan fingerprint density at radius 1 is 1.10 bits per heavy atom. The van der Waals surface area contributed by atoms with E-state index in [1.165, 1.54) is 19.1 Å². The van der Waals surface area contributed by atoms with Crippen molar-refractivity contribution in [2.75, 3.05) is 0 Å². The van der Waals surface area contributed by atoms with Crippen LogP contribution in [-0.4, -0.2) is 47.2 Å². The number of alkyl halides is 1. The van der Waals surface area contributed by atoms with Crippen molar-refractivity contribution in [3.05, 3.63) is 39.4 Å². The number of hydrogen-bond acceptors (Lipinski definition) is 7. The number of nitro benzene ring substituents is 1. The first-order valence-corrected chi connectivity index (χ1v) is 9.03. The lowest BCUT2D eigenvalue weighted by atomic mass is 10.1. The summed E-state index contributed by atoms with van der Waals surface area (Å²) in [6.07, 6.45) is -3.89. The highest BCUT2D eigenvalue weighted by Gasteiger charge is 2.32. The predicted molar refractivity (Wildman–Crippen MR) is 101 cm³/mol. The first kappa shape index (κ1) is 24.0. The molecule has 0 fully saturated rings. The minimum Gasteiger partial charge on any atom is -0.461 e. The molecule has 2 atom stereocenters. The van der Waals surface area contributed by atoms with Gasteiger partial charge in [-0.25, -0.2) is 14.0 Å². The molecule has 1 amide bonds. The summed E-state index contributed by atoms with van der Waals surface area (Å²) in [7, 11) is 0. The zero-order chi connectivity index (χ0) is 22.3. The van der Waals surface area contributed by atoms with E-state index in [4.69, 9.17) is 9.47 Å². The average molecular weight is 412 g/mol. The molecule has 1 aromatic carbocycles. The van der Waals surface area contributed by atoms with E-state index in [0.29, 0.717) is 0 Å². The second-order valence-electron chi connectivity index (χ2n) is 6.96. The fourth-order valence-electron chi connectivity index (χ4n) is 2.38. The van der Waals surface area contributed by atoms with Gasteiger partial charge in [0.2, 0.25) is 0 Å². The number of nitrogens with zero attached hydrogens (tertiary/aromatic N) is 1. The molecule has 0 spiro atoms. The van der Waals surface area contributed by atoms with Crippen molar-refractivity contribution in [3.63, 3.8) is 0 Å². The second kappa shape index (κ2) is 10.5. The van der Waals surface area contributed by atoms with Crippen molar-refractivity contribution in [1.29, 1.82) is 0 Å². The highest BCUT2D eigenvalue weighted by molar-refractivity contribution is 5.97. The van der Waals surface area contributed by atoms with E-state index in [1.54, 1.807) is 27.7 Å². The van der Waals surface area contributed by atoms with Gasteiger partial charge in [-0.3, -0.25) is 14.9 Å². The van der Waals surface area contributed by atoms with Gasteiger partial charge in [-0.05, 0) is 46.8 Å². The Hall–Kier alpha value is -3.04. The van der Waals surface area contributed by atoms with Crippen LogP contribution in [0.15, 0.2) is 18.2 Å². The number of hydrogen-bond donors (Lipinski definition) is 1. The molecular formula is C19H25FN2O7. The molecule has 0 aliphatic heterocycles. The van der Waals surface area contributed by atoms with Crippen LogP contribution in [0.4, 0.5) is 10.1 Å². The summed E-state index contributed by atoms with van der Waals surface area (Å²) in [5.41, 5.74) is 0.112. The summed E-state index contributed by atoms with van der Waals surface area (Å²) in [5.74, 6) is -2.83. The predicted octanol–water partition coefficient (Wildman–Crippen LogP) is 2.63. The van der Waals surface area contributed by atoms with Gasteiger partial charge < -0.3 is 14.8 Å². The van der Waals surface area contributed by atoms with Gasteiger partial charge in [0.25, 0.3) is 11.6 Å². The van der Waals surface area contributed by atoms with Gasteiger partial charge >= 0.3 is 11.9 Å².